The average molecular weight is 289 g/mol. The van der Waals surface area contributed by atoms with Crippen molar-refractivity contribution in [2.75, 3.05) is 6.61 Å². The molecular formula is C10H12INO. The Balaban J connectivity index is 2.47. The summed E-state index contributed by atoms with van der Waals surface area (Å²) in [6.07, 6.45) is 2.07. The van der Waals surface area contributed by atoms with E-state index in [2.05, 4.69) is 34.7 Å². The molecule has 70 valence electrons. The first-order valence-corrected chi connectivity index (χ1v) is 5.53. The van der Waals surface area contributed by atoms with Crippen molar-refractivity contribution in [3.63, 3.8) is 0 Å². The molecule has 0 saturated carbocycles. The van der Waals surface area contributed by atoms with Gasteiger partial charge in [-0.05, 0) is 41.5 Å². The summed E-state index contributed by atoms with van der Waals surface area (Å²) >= 11 is 2.29. The summed E-state index contributed by atoms with van der Waals surface area (Å²) in [4.78, 5) is 0. The second-order valence-electron chi connectivity index (χ2n) is 3.26. The van der Waals surface area contributed by atoms with Crippen LogP contribution in [0.5, 0.6) is 5.75 Å². The number of nitrogens with two attached hydrogens (primary N) is 1. The van der Waals surface area contributed by atoms with Gasteiger partial charge in [0.05, 0.1) is 10.2 Å². The van der Waals surface area contributed by atoms with E-state index in [0.717, 1.165) is 34.3 Å². The maximum atomic E-state index is 6.03. The lowest BCUT2D eigenvalue weighted by Gasteiger charge is -2.12. The molecule has 1 aromatic rings. The first-order chi connectivity index (χ1) is 6.29. The van der Waals surface area contributed by atoms with Crippen LogP contribution in [-0.2, 0) is 0 Å². The molecule has 13 heavy (non-hydrogen) atoms. The zero-order valence-electron chi connectivity index (χ0n) is 7.29. The van der Waals surface area contributed by atoms with Gasteiger partial charge >= 0.3 is 0 Å². The molecule has 0 radical (unpaired) electrons. The van der Waals surface area contributed by atoms with Crippen LogP contribution in [0.4, 0.5) is 0 Å². The topological polar surface area (TPSA) is 35.2 Å². The number of fused-ring (bicyclic) bond motifs is 1. The number of benzene rings is 1. The van der Waals surface area contributed by atoms with E-state index in [1.807, 2.05) is 6.07 Å². The number of halogens is 1. The van der Waals surface area contributed by atoms with Crippen molar-refractivity contribution < 1.29 is 4.74 Å². The Morgan fingerprint density at radius 1 is 1.46 bits per heavy atom. The predicted molar refractivity (Wildman–Crippen MR) is 60.8 cm³/mol. The highest BCUT2D eigenvalue weighted by atomic mass is 127. The van der Waals surface area contributed by atoms with Crippen LogP contribution in [-0.4, -0.2) is 6.61 Å². The molecule has 1 aliphatic heterocycles. The molecule has 1 heterocycles. The van der Waals surface area contributed by atoms with Crippen LogP contribution in [0, 0.1) is 3.57 Å². The second-order valence-corrected chi connectivity index (χ2v) is 4.42. The van der Waals surface area contributed by atoms with Crippen molar-refractivity contribution in [3.05, 3.63) is 27.3 Å². The smallest absolute Gasteiger partial charge is 0.137 e. The molecular weight excluding hydrogens is 277 g/mol. The lowest BCUT2D eigenvalue weighted by molar-refractivity contribution is 0.314. The van der Waals surface area contributed by atoms with Crippen molar-refractivity contribution in [1.82, 2.24) is 0 Å². The van der Waals surface area contributed by atoms with Gasteiger partial charge in [-0.1, -0.05) is 12.1 Å². The number of hydrogen-bond acceptors (Lipinski definition) is 2. The molecule has 1 atom stereocenters. The highest BCUT2D eigenvalue weighted by Crippen LogP contribution is 2.33. The average Bonchev–Trinajstić information content (AvgIpc) is 2.30. The standard InChI is InChI=1S/C10H12INO/c11-8-4-1-3-7-9(12)5-2-6-13-10(7)8/h1,3-4,9H,2,5-6,12H2. The van der Waals surface area contributed by atoms with Crippen LogP contribution in [0.2, 0.25) is 0 Å². The molecule has 0 spiro atoms. The van der Waals surface area contributed by atoms with Gasteiger partial charge in [-0.3, -0.25) is 0 Å². The normalized spacial score (nSPS) is 21.5. The van der Waals surface area contributed by atoms with Gasteiger partial charge in [0.2, 0.25) is 0 Å². The molecule has 1 unspecified atom stereocenters. The van der Waals surface area contributed by atoms with Gasteiger partial charge in [-0.15, -0.1) is 0 Å². The number of hydrogen-bond donors (Lipinski definition) is 1. The number of rotatable bonds is 0. The molecule has 2 nitrogen and oxygen atoms in total. The highest BCUT2D eigenvalue weighted by molar-refractivity contribution is 14.1. The van der Waals surface area contributed by atoms with Crippen LogP contribution in [0.1, 0.15) is 24.4 Å². The molecule has 0 bridgehead atoms. The van der Waals surface area contributed by atoms with E-state index in [0.29, 0.717) is 0 Å². The monoisotopic (exact) mass is 289 g/mol. The zero-order chi connectivity index (χ0) is 9.26. The van der Waals surface area contributed by atoms with Crippen LogP contribution in [0.3, 0.4) is 0 Å². The minimum absolute atomic E-state index is 0.146. The largest absolute Gasteiger partial charge is 0.492 e. The fourth-order valence-corrected chi connectivity index (χ4v) is 2.28. The molecule has 2 N–H and O–H groups in total. The first-order valence-electron chi connectivity index (χ1n) is 4.46. The SMILES string of the molecule is NC1CCCOc2c(I)cccc21. The molecule has 1 aromatic carbocycles. The van der Waals surface area contributed by atoms with Crippen LogP contribution in [0.15, 0.2) is 18.2 Å². The van der Waals surface area contributed by atoms with Crippen molar-refractivity contribution in [2.45, 2.75) is 18.9 Å². The van der Waals surface area contributed by atoms with Crippen molar-refractivity contribution >= 4 is 22.6 Å². The van der Waals surface area contributed by atoms with E-state index in [4.69, 9.17) is 10.5 Å². The van der Waals surface area contributed by atoms with Gasteiger partial charge in [0.25, 0.3) is 0 Å². The second kappa shape index (κ2) is 3.84. The van der Waals surface area contributed by atoms with E-state index in [-0.39, 0.29) is 6.04 Å². The molecule has 3 heteroatoms. The summed E-state index contributed by atoms with van der Waals surface area (Å²) in [5.74, 6) is 0.994. The molecule has 0 aromatic heterocycles. The van der Waals surface area contributed by atoms with Gasteiger partial charge in [0.1, 0.15) is 5.75 Å². The van der Waals surface area contributed by atoms with Crippen LogP contribution < -0.4 is 10.5 Å². The third-order valence-corrected chi connectivity index (χ3v) is 3.15. The van der Waals surface area contributed by atoms with E-state index >= 15 is 0 Å². The Bertz CT molecular complexity index is 314. The molecule has 0 fully saturated rings. The Labute approximate surface area is 91.6 Å². The molecule has 0 amide bonds. The summed E-state index contributed by atoms with van der Waals surface area (Å²) in [6.45, 7) is 0.792. The van der Waals surface area contributed by atoms with Gasteiger partial charge in [-0.2, -0.15) is 0 Å². The van der Waals surface area contributed by atoms with Gasteiger partial charge in [0, 0.05) is 11.6 Å². The van der Waals surface area contributed by atoms with Gasteiger partial charge in [0.15, 0.2) is 0 Å². The van der Waals surface area contributed by atoms with E-state index in [1.165, 1.54) is 0 Å². The molecule has 2 rings (SSSR count). The van der Waals surface area contributed by atoms with Gasteiger partial charge in [-0.25, -0.2) is 0 Å². The molecule has 0 aliphatic carbocycles. The third kappa shape index (κ3) is 1.81. The quantitative estimate of drug-likeness (QED) is 0.745. The van der Waals surface area contributed by atoms with Crippen molar-refractivity contribution in [3.8, 4) is 5.75 Å². The molecule has 0 saturated heterocycles. The Hall–Kier alpha value is -0.290. The third-order valence-electron chi connectivity index (χ3n) is 2.30. The Kier molecular flexibility index (Phi) is 2.74. The van der Waals surface area contributed by atoms with Gasteiger partial charge < -0.3 is 10.5 Å². The maximum absolute atomic E-state index is 6.03. The Morgan fingerprint density at radius 3 is 3.15 bits per heavy atom. The lowest BCUT2D eigenvalue weighted by Crippen LogP contribution is -2.09. The fourth-order valence-electron chi connectivity index (χ4n) is 1.60. The van der Waals surface area contributed by atoms with E-state index in [9.17, 15) is 0 Å². The first kappa shape index (κ1) is 9.27. The summed E-state index contributed by atoms with van der Waals surface area (Å²) in [5.41, 5.74) is 7.19. The number of para-hydroxylation sites is 1. The Morgan fingerprint density at radius 2 is 2.31 bits per heavy atom. The van der Waals surface area contributed by atoms with Crippen molar-refractivity contribution in [2.24, 2.45) is 5.73 Å². The van der Waals surface area contributed by atoms with E-state index < -0.39 is 0 Å². The highest BCUT2D eigenvalue weighted by Gasteiger charge is 2.17. The minimum Gasteiger partial charge on any atom is -0.492 e. The molecule has 1 aliphatic rings. The number of ether oxygens (including phenoxy) is 1. The van der Waals surface area contributed by atoms with Crippen molar-refractivity contribution in [1.29, 1.82) is 0 Å². The minimum atomic E-state index is 0.146. The summed E-state index contributed by atoms with van der Waals surface area (Å²) < 4.78 is 6.82. The summed E-state index contributed by atoms with van der Waals surface area (Å²) in [6, 6.07) is 6.30. The fraction of sp³-hybridized carbons (Fsp3) is 0.400. The van der Waals surface area contributed by atoms with E-state index in [1.54, 1.807) is 0 Å². The lowest BCUT2D eigenvalue weighted by atomic mass is 10.0. The predicted octanol–water partition coefficient (Wildman–Crippen LogP) is 2.46. The van der Waals surface area contributed by atoms with Crippen LogP contribution in [0.25, 0.3) is 0 Å². The maximum Gasteiger partial charge on any atom is 0.137 e. The van der Waals surface area contributed by atoms with Crippen LogP contribution >= 0.6 is 22.6 Å². The summed E-state index contributed by atoms with van der Waals surface area (Å²) in [7, 11) is 0. The summed E-state index contributed by atoms with van der Waals surface area (Å²) in [5, 5.41) is 0. The zero-order valence-corrected chi connectivity index (χ0v) is 9.45.